The van der Waals surface area contributed by atoms with E-state index in [4.69, 9.17) is 4.74 Å². The van der Waals surface area contributed by atoms with E-state index in [9.17, 15) is 4.79 Å². The van der Waals surface area contributed by atoms with Crippen LogP contribution in [0.5, 0.6) is 0 Å². The molecule has 0 radical (unpaired) electrons. The van der Waals surface area contributed by atoms with Crippen molar-refractivity contribution >= 4 is 5.91 Å². The van der Waals surface area contributed by atoms with Crippen molar-refractivity contribution in [3.05, 3.63) is 34.9 Å². The number of ether oxygens (including phenoxy) is 1. The van der Waals surface area contributed by atoms with Crippen LogP contribution in [0.2, 0.25) is 0 Å². The number of carbonyl (C=O) groups excluding carboxylic acids is 1. The van der Waals surface area contributed by atoms with Gasteiger partial charge in [0.1, 0.15) is 0 Å². The fourth-order valence-electron chi connectivity index (χ4n) is 2.01. The maximum absolute atomic E-state index is 11.7. The van der Waals surface area contributed by atoms with Gasteiger partial charge in [-0.1, -0.05) is 23.8 Å². The average Bonchev–Trinajstić information content (AvgIpc) is 2.37. The van der Waals surface area contributed by atoms with Crippen LogP contribution in [-0.2, 0) is 16.0 Å². The van der Waals surface area contributed by atoms with Crippen LogP contribution in [0, 0.1) is 13.8 Å². The van der Waals surface area contributed by atoms with Crippen LogP contribution in [0.4, 0.5) is 0 Å². The van der Waals surface area contributed by atoms with Crippen LogP contribution < -0.4 is 5.32 Å². The van der Waals surface area contributed by atoms with Gasteiger partial charge in [-0.2, -0.15) is 0 Å². The van der Waals surface area contributed by atoms with Gasteiger partial charge in [-0.3, -0.25) is 4.79 Å². The van der Waals surface area contributed by atoms with Gasteiger partial charge in [0, 0.05) is 26.2 Å². The summed E-state index contributed by atoms with van der Waals surface area (Å²) in [5, 5.41) is 2.92. The minimum Gasteiger partial charge on any atom is -0.382 e. The van der Waals surface area contributed by atoms with Gasteiger partial charge in [-0.25, -0.2) is 0 Å². The van der Waals surface area contributed by atoms with Gasteiger partial charge in [0.2, 0.25) is 5.91 Å². The maximum Gasteiger partial charge on any atom is 0.220 e. The lowest BCUT2D eigenvalue weighted by molar-refractivity contribution is -0.121. The van der Waals surface area contributed by atoms with Crippen molar-refractivity contribution in [1.82, 2.24) is 5.32 Å². The molecule has 0 bridgehead atoms. The fourth-order valence-corrected chi connectivity index (χ4v) is 2.01. The van der Waals surface area contributed by atoms with Crippen molar-refractivity contribution in [1.29, 1.82) is 0 Å². The molecule has 1 amide bonds. The van der Waals surface area contributed by atoms with E-state index in [0.29, 0.717) is 19.6 Å². The third-order valence-corrected chi connectivity index (χ3v) is 3.11. The smallest absolute Gasteiger partial charge is 0.220 e. The summed E-state index contributed by atoms with van der Waals surface area (Å²) in [6.45, 7) is 8.31. The van der Waals surface area contributed by atoms with E-state index in [1.54, 1.807) is 0 Å². The first-order valence-corrected chi connectivity index (χ1v) is 7.04. The molecule has 0 heterocycles. The van der Waals surface area contributed by atoms with E-state index in [1.807, 2.05) is 6.92 Å². The van der Waals surface area contributed by atoms with Crippen LogP contribution >= 0.6 is 0 Å². The van der Waals surface area contributed by atoms with Gasteiger partial charge in [0.05, 0.1) is 0 Å². The predicted octanol–water partition coefficient (Wildman–Crippen LogP) is 2.78. The Labute approximate surface area is 116 Å². The number of carbonyl (C=O) groups is 1. The summed E-state index contributed by atoms with van der Waals surface area (Å²) >= 11 is 0. The number of hydrogen-bond acceptors (Lipinski definition) is 2. The van der Waals surface area contributed by atoms with E-state index < -0.39 is 0 Å². The van der Waals surface area contributed by atoms with Crippen molar-refractivity contribution in [2.75, 3.05) is 19.8 Å². The number of hydrogen-bond donors (Lipinski definition) is 1. The van der Waals surface area contributed by atoms with Gasteiger partial charge >= 0.3 is 0 Å². The molecule has 1 aromatic rings. The maximum atomic E-state index is 11.7. The Morgan fingerprint density at radius 3 is 2.79 bits per heavy atom. The van der Waals surface area contributed by atoms with Crippen molar-refractivity contribution in [2.24, 2.45) is 0 Å². The number of nitrogens with one attached hydrogen (secondary N) is 1. The average molecular weight is 263 g/mol. The molecule has 1 rings (SSSR count). The number of aryl methyl sites for hydroxylation is 3. The highest BCUT2D eigenvalue weighted by molar-refractivity contribution is 5.76. The predicted molar refractivity (Wildman–Crippen MR) is 78.4 cm³/mol. The van der Waals surface area contributed by atoms with Crippen LogP contribution in [0.3, 0.4) is 0 Å². The standard InChI is InChI=1S/C16H25NO2/c1-4-19-11-5-10-17-16(18)9-8-15-7-6-13(2)12-14(15)3/h6-7,12H,4-5,8-11H2,1-3H3,(H,17,18). The van der Waals surface area contributed by atoms with E-state index in [-0.39, 0.29) is 5.91 Å². The second-order valence-electron chi connectivity index (χ2n) is 4.83. The Hall–Kier alpha value is -1.35. The Balaban J connectivity index is 2.22. The van der Waals surface area contributed by atoms with Gasteiger partial charge < -0.3 is 10.1 Å². The molecule has 0 atom stereocenters. The molecular formula is C16H25NO2. The lowest BCUT2D eigenvalue weighted by atomic mass is 10.0. The highest BCUT2D eigenvalue weighted by atomic mass is 16.5. The lowest BCUT2D eigenvalue weighted by Gasteiger charge is -2.08. The Morgan fingerprint density at radius 2 is 2.11 bits per heavy atom. The van der Waals surface area contributed by atoms with Crippen molar-refractivity contribution in [3.63, 3.8) is 0 Å². The van der Waals surface area contributed by atoms with Crippen molar-refractivity contribution < 1.29 is 9.53 Å². The molecule has 3 heteroatoms. The highest BCUT2D eigenvalue weighted by Gasteiger charge is 2.04. The highest BCUT2D eigenvalue weighted by Crippen LogP contribution is 2.12. The molecule has 0 aliphatic carbocycles. The SMILES string of the molecule is CCOCCCNC(=O)CCc1ccc(C)cc1C. The molecular weight excluding hydrogens is 238 g/mol. The molecule has 19 heavy (non-hydrogen) atoms. The summed E-state index contributed by atoms with van der Waals surface area (Å²) < 4.78 is 5.22. The molecule has 0 aliphatic heterocycles. The number of rotatable bonds is 8. The molecule has 0 saturated heterocycles. The summed E-state index contributed by atoms with van der Waals surface area (Å²) in [6.07, 6.45) is 2.24. The molecule has 1 N–H and O–H groups in total. The Bertz CT molecular complexity index is 402. The number of amides is 1. The Morgan fingerprint density at radius 1 is 1.32 bits per heavy atom. The normalized spacial score (nSPS) is 10.5. The van der Waals surface area contributed by atoms with Crippen LogP contribution in [0.25, 0.3) is 0 Å². The van der Waals surface area contributed by atoms with Crippen LogP contribution in [-0.4, -0.2) is 25.7 Å². The lowest BCUT2D eigenvalue weighted by Crippen LogP contribution is -2.25. The Kier molecular flexibility index (Phi) is 7.19. The monoisotopic (exact) mass is 263 g/mol. The molecule has 0 spiro atoms. The zero-order chi connectivity index (χ0) is 14.1. The summed E-state index contributed by atoms with van der Waals surface area (Å²) in [5.74, 6) is 0.122. The van der Waals surface area contributed by atoms with Crippen LogP contribution in [0.15, 0.2) is 18.2 Å². The first-order valence-electron chi connectivity index (χ1n) is 7.04. The van der Waals surface area contributed by atoms with Crippen molar-refractivity contribution in [2.45, 2.75) is 40.0 Å². The minimum atomic E-state index is 0.122. The summed E-state index contributed by atoms with van der Waals surface area (Å²) in [4.78, 5) is 11.7. The topological polar surface area (TPSA) is 38.3 Å². The third-order valence-electron chi connectivity index (χ3n) is 3.11. The van der Waals surface area contributed by atoms with E-state index >= 15 is 0 Å². The molecule has 0 aromatic heterocycles. The van der Waals surface area contributed by atoms with Crippen molar-refractivity contribution in [3.8, 4) is 0 Å². The molecule has 0 unspecified atom stereocenters. The van der Waals surface area contributed by atoms with Gasteiger partial charge in [0.25, 0.3) is 0 Å². The zero-order valence-corrected chi connectivity index (χ0v) is 12.3. The first kappa shape index (κ1) is 15.7. The summed E-state index contributed by atoms with van der Waals surface area (Å²) in [7, 11) is 0. The quantitative estimate of drug-likeness (QED) is 0.732. The van der Waals surface area contributed by atoms with E-state index in [1.165, 1.54) is 16.7 Å². The van der Waals surface area contributed by atoms with Gasteiger partial charge in [0.15, 0.2) is 0 Å². The second-order valence-corrected chi connectivity index (χ2v) is 4.83. The summed E-state index contributed by atoms with van der Waals surface area (Å²) in [6, 6.07) is 6.38. The molecule has 0 saturated carbocycles. The number of benzene rings is 1. The van der Waals surface area contributed by atoms with Gasteiger partial charge in [-0.15, -0.1) is 0 Å². The first-order chi connectivity index (χ1) is 9.13. The summed E-state index contributed by atoms with van der Waals surface area (Å²) in [5.41, 5.74) is 3.79. The zero-order valence-electron chi connectivity index (χ0n) is 12.3. The van der Waals surface area contributed by atoms with E-state index in [2.05, 4.69) is 37.4 Å². The molecule has 106 valence electrons. The molecule has 3 nitrogen and oxygen atoms in total. The third kappa shape index (κ3) is 6.39. The van der Waals surface area contributed by atoms with Crippen LogP contribution in [0.1, 0.15) is 36.5 Å². The molecule has 1 aromatic carbocycles. The molecule has 0 fully saturated rings. The molecule has 0 aliphatic rings. The second kappa shape index (κ2) is 8.70. The van der Waals surface area contributed by atoms with Gasteiger partial charge in [-0.05, 0) is 44.7 Å². The minimum absolute atomic E-state index is 0.122. The fraction of sp³-hybridized carbons (Fsp3) is 0.562. The largest absolute Gasteiger partial charge is 0.382 e. The van der Waals surface area contributed by atoms with E-state index in [0.717, 1.165) is 19.4 Å².